The van der Waals surface area contributed by atoms with Gasteiger partial charge in [0.25, 0.3) is 0 Å². The molecule has 82 valence electrons. The van der Waals surface area contributed by atoms with Crippen molar-refractivity contribution in [2.45, 2.75) is 32.9 Å². The molecule has 1 nitrogen and oxygen atoms in total. The molecule has 0 spiro atoms. The lowest BCUT2D eigenvalue weighted by atomic mass is 9.88. The van der Waals surface area contributed by atoms with Gasteiger partial charge >= 0.3 is 0 Å². The molecule has 1 aliphatic rings. The van der Waals surface area contributed by atoms with Gasteiger partial charge in [-0.1, -0.05) is 12.1 Å². The van der Waals surface area contributed by atoms with Crippen molar-refractivity contribution in [2.24, 2.45) is 0 Å². The minimum atomic E-state index is -1.15. The van der Waals surface area contributed by atoms with Gasteiger partial charge in [0.1, 0.15) is 5.67 Å². The van der Waals surface area contributed by atoms with E-state index < -0.39 is 5.67 Å². The molecule has 0 amide bonds. The molecular weight excluding hydrogens is 189 g/mol. The van der Waals surface area contributed by atoms with Crippen LogP contribution in [0, 0.1) is 20.8 Å². The van der Waals surface area contributed by atoms with Crippen LogP contribution in [0.1, 0.15) is 28.7 Å². The predicted molar refractivity (Wildman–Crippen MR) is 60.9 cm³/mol. The van der Waals surface area contributed by atoms with Gasteiger partial charge in [0.2, 0.25) is 0 Å². The SMILES string of the molecule is Cc1cc(C)c(C2(F)CCNC2)cc1C. The first-order valence-corrected chi connectivity index (χ1v) is 5.51. The van der Waals surface area contributed by atoms with Gasteiger partial charge in [-0.15, -0.1) is 0 Å². The van der Waals surface area contributed by atoms with E-state index in [1.165, 1.54) is 11.1 Å². The molecule has 1 N–H and O–H groups in total. The van der Waals surface area contributed by atoms with E-state index in [-0.39, 0.29) is 0 Å². The van der Waals surface area contributed by atoms with E-state index in [2.05, 4.69) is 18.3 Å². The van der Waals surface area contributed by atoms with Crippen LogP contribution in [0.25, 0.3) is 0 Å². The van der Waals surface area contributed by atoms with Crippen molar-refractivity contribution in [1.29, 1.82) is 0 Å². The Bertz CT molecular complexity index is 378. The summed E-state index contributed by atoms with van der Waals surface area (Å²) in [5.74, 6) is 0. The lowest BCUT2D eigenvalue weighted by Gasteiger charge is -2.22. The lowest BCUT2D eigenvalue weighted by Crippen LogP contribution is -2.24. The average Bonchev–Trinajstić information content (AvgIpc) is 2.60. The first-order valence-electron chi connectivity index (χ1n) is 5.51. The normalized spacial score (nSPS) is 25.9. The number of hydrogen-bond donors (Lipinski definition) is 1. The molecule has 1 heterocycles. The fourth-order valence-corrected chi connectivity index (χ4v) is 2.33. The molecule has 0 radical (unpaired) electrons. The Morgan fingerprint density at radius 2 is 1.80 bits per heavy atom. The molecule has 2 heteroatoms. The Morgan fingerprint density at radius 1 is 1.13 bits per heavy atom. The lowest BCUT2D eigenvalue weighted by molar-refractivity contribution is 0.192. The highest BCUT2D eigenvalue weighted by Gasteiger charge is 2.36. The number of nitrogens with one attached hydrogen (secondary N) is 1. The van der Waals surface area contributed by atoms with E-state index in [0.717, 1.165) is 17.7 Å². The zero-order valence-corrected chi connectivity index (χ0v) is 9.65. The molecule has 1 saturated heterocycles. The van der Waals surface area contributed by atoms with E-state index >= 15 is 0 Å². The zero-order valence-electron chi connectivity index (χ0n) is 9.65. The minimum absolute atomic E-state index is 0.455. The van der Waals surface area contributed by atoms with Crippen LogP contribution in [-0.2, 0) is 5.67 Å². The summed E-state index contributed by atoms with van der Waals surface area (Å²) in [6, 6.07) is 4.10. The molecule has 1 aliphatic heterocycles. The molecule has 1 aromatic carbocycles. The first kappa shape index (κ1) is 10.6. The third kappa shape index (κ3) is 1.78. The van der Waals surface area contributed by atoms with E-state index in [1.54, 1.807) is 0 Å². The Kier molecular flexibility index (Phi) is 2.55. The first-order chi connectivity index (χ1) is 7.03. The molecule has 0 aromatic heterocycles. The van der Waals surface area contributed by atoms with Gasteiger partial charge in [0.05, 0.1) is 0 Å². The fourth-order valence-electron chi connectivity index (χ4n) is 2.33. The largest absolute Gasteiger partial charge is 0.313 e. The minimum Gasteiger partial charge on any atom is -0.313 e. The second-order valence-corrected chi connectivity index (χ2v) is 4.64. The summed E-state index contributed by atoms with van der Waals surface area (Å²) in [6.45, 7) is 7.36. The number of halogens is 1. The maximum Gasteiger partial charge on any atom is 0.149 e. The summed E-state index contributed by atoms with van der Waals surface area (Å²) < 4.78 is 14.6. The Labute approximate surface area is 90.7 Å². The van der Waals surface area contributed by atoms with Gasteiger partial charge in [-0.3, -0.25) is 0 Å². The third-order valence-corrected chi connectivity index (χ3v) is 3.43. The van der Waals surface area contributed by atoms with Crippen molar-refractivity contribution in [3.05, 3.63) is 34.4 Å². The Morgan fingerprint density at radius 3 is 2.40 bits per heavy atom. The average molecular weight is 207 g/mol. The van der Waals surface area contributed by atoms with Crippen LogP contribution in [0.15, 0.2) is 12.1 Å². The van der Waals surface area contributed by atoms with Gasteiger partial charge in [-0.2, -0.15) is 0 Å². The van der Waals surface area contributed by atoms with Crippen LogP contribution in [-0.4, -0.2) is 13.1 Å². The second kappa shape index (κ2) is 3.60. The predicted octanol–water partition coefficient (Wildman–Crippen LogP) is 2.77. The fraction of sp³-hybridized carbons (Fsp3) is 0.538. The summed E-state index contributed by atoms with van der Waals surface area (Å²) >= 11 is 0. The highest BCUT2D eigenvalue weighted by molar-refractivity contribution is 5.40. The molecule has 1 aromatic rings. The van der Waals surface area contributed by atoms with Gasteiger partial charge in [-0.25, -0.2) is 4.39 Å². The number of hydrogen-bond acceptors (Lipinski definition) is 1. The van der Waals surface area contributed by atoms with Gasteiger partial charge < -0.3 is 5.32 Å². The molecule has 0 saturated carbocycles. The highest BCUT2D eigenvalue weighted by atomic mass is 19.1. The van der Waals surface area contributed by atoms with E-state index in [0.29, 0.717) is 13.0 Å². The van der Waals surface area contributed by atoms with Crippen molar-refractivity contribution < 1.29 is 4.39 Å². The van der Waals surface area contributed by atoms with E-state index in [4.69, 9.17) is 0 Å². The van der Waals surface area contributed by atoms with Crippen LogP contribution in [0.2, 0.25) is 0 Å². The molecule has 0 aliphatic carbocycles. The molecule has 2 rings (SSSR count). The number of rotatable bonds is 1. The van der Waals surface area contributed by atoms with Crippen molar-refractivity contribution in [3.8, 4) is 0 Å². The summed E-state index contributed by atoms with van der Waals surface area (Å²) in [4.78, 5) is 0. The molecule has 1 atom stereocenters. The molecular formula is C13H18FN. The maximum absolute atomic E-state index is 14.6. The van der Waals surface area contributed by atoms with Crippen molar-refractivity contribution in [3.63, 3.8) is 0 Å². The Hall–Kier alpha value is -0.890. The quantitative estimate of drug-likeness (QED) is 0.746. The molecule has 15 heavy (non-hydrogen) atoms. The van der Waals surface area contributed by atoms with E-state index in [9.17, 15) is 4.39 Å². The van der Waals surface area contributed by atoms with Gasteiger partial charge in [0, 0.05) is 6.54 Å². The number of aryl methyl sites for hydroxylation is 3. The van der Waals surface area contributed by atoms with E-state index in [1.807, 2.05) is 19.9 Å². The van der Waals surface area contributed by atoms with Crippen LogP contribution in [0.5, 0.6) is 0 Å². The summed E-state index contributed by atoms with van der Waals surface area (Å²) in [7, 11) is 0. The summed E-state index contributed by atoms with van der Waals surface area (Å²) in [5.41, 5.74) is 3.22. The maximum atomic E-state index is 14.6. The smallest absolute Gasteiger partial charge is 0.149 e. The van der Waals surface area contributed by atoms with Crippen molar-refractivity contribution in [1.82, 2.24) is 5.32 Å². The van der Waals surface area contributed by atoms with Crippen LogP contribution < -0.4 is 5.32 Å². The van der Waals surface area contributed by atoms with Crippen molar-refractivity contribution in [2.75, 3.05) is 13.1 Å². The monoisotopic (exact) mass is 207 g/mol. The molecule has 1 fully saturated rings. The standard InChI is InChI=1S/C13H18FN/c1-9-6-11(3)12(7-10(9)2)13(14)4-5-15-8-13/h6-7,15H,4-5,8H2,1-3H3. The number of benzene rings is 1. The molecule has 1 unspecified atom stereocenters. The van der Waals surface area contributed by atoms with Crippen LogP contribution in [0.4, 0.5) is 4.39 Å². The molecule has 0 bridgehead atoms. The van der Waals surface area contributed by atoms with Crippen molar-refractivity contribution >= 4 is 0 Å². The van der Waals surface area contributed by atoms with Crippen LogP contribution >= 0.6 is 0 Å². The zero-order chi connectivity index (χ0) is 11.1. The van der Waals surface area contributed by atoms with Gasteiger partial charge in [0.15, 0.2) is 0 Å². The topological polar surface area (TPSA) is 12.0 Å². The number of alkyl halides is 1. The summed E-state index contributed by atoms with van der Waals surface area (Å²) in [6.07, 6.45) is 0.594. The highest BCUT2D eigenvalue weighted by Crippen LogP contribution is 2.35. The summed E-state index contributed by atoms with van der Waals surface area (Å²) in [5, 5.41) is 3.10. The van der Waals surface area contributed by atoms with Gasteiger partial charge in [-0.05, 0) is 56.0 Å². The second-order valence-electron chi connectivity index (χ2n) is 4.64. The Balaban J connectivity index is 2.48. The third-order valence-electron chi connectivity index (χ3n) is 3.43. The van der Waals surface area contributed by atoms with Crippen LogP contribution in [0.3, 0.4) is 0 Å².